The van der Waals surface area contributed by atoms with Gasteiger partial charge in [0.25, 0.3) is 5.91 Å². The van der Waals surface area contributed by atoms with Crippen molar-refractivity contribution in [3.8, 4) is 0 Å². The highest BCUT2D eigenvalue weighted by molar-refractivity contribution is 6.53. The van der Waals surface area contributed by atoms with Gasteiger partial charge in [0, 0.05) is 13.1 Å². The number of hydrogen-bond donors (Lipinski definition) is 2. The first-order valence-electron chi connectivity index (χ1n) is 4.75. The smallest absolute Gasteiger partial charge is 0.407 e. The van der Waals surface area contributed by atoms with Gasteiger partial charge < -0.3 is 15.4 Å². The van der Waals surface area contributed by atoms with Crippen molar-refractivity contribution in [2.24, 2.45) is 0 Å². The molecule has 0 atom stereocenters. The summed E-state index contributed by atoms with van der Waals surface area (Å²) in [5.74, 6) is -0.491. The van der Waals surface area contributed by atoms with Gasteiger partial charge in [0.15, 0.2) is 4.84 Å². The van der Waals surface area contributed by atoms with Crippen molar-refractivity contribution in [2.75, 3.05) is 13.1 Å². The van der Waals surface area contributed by atoms with Crippen molar-refractivity contribution in [2.45, 2.75) is 31.2 Å². The molecule has 0 rings (SSSR count). The molecule has 0 bridgehead atoms. The number of carbonyl (C=O) groups excluding carboxylic acids is 2. The number of amides is 2. The third-order valence-corrected chi connectivity index (χ3v) is 1.69. The van der Waals surface area contributed by atoms with Crippen LogP contribution < -0.4 is 10.6 Å². The van der Waals surface area contributed by atoms with Crippen LogP contribution in [0.5, 0.6) is 0 Å². The minimum atomic E-state index is -1.10. The van der Waals surface area contributed by atoms with Crippen molar-refractivity contribution < 1.29 is 14.3 Å². The molecule has 94 valence electrons. The largest absolute Gasteiger partial charge is 0.444 e. The Kier molecular flexibility index (Phi) is 6.52. The molecule has 2 amide bonds. The number of carbonyl (C=O) groups is 2. The number of hydrogen-bond acceptors (Lipinski definition) is 3. The summed E-state index contributed by atoms with van der Waals surface area (Å²) in [7, 11) is 0. The van der Waals surface area contributed by atoms with Crippen LogP contribution in [0.4, 0.5) is 4.79 Å². The predicted octanol–water partition coefficient (Wildman–Crippen LogP) is 1.43. The Bertz CT molecular complexity index is 252. The number of alkyl halides is 2. The predicted molar refractivity (Wildman–Crippen MR) is 62.7 cm³/mol. The summed E-state index contributed by atoms with van der Waals surface area (Å²) in [5.41, 5.74) is -0.537. The number of ether oxygens (including phenoxy) is 1. The second-order valence-electron chi connectivity index (χ2n) is 4.02. The Morgan fingerprint density at radius 3 is 2.12 bits per heavy atom. The van der Waals surface area contributed by atoms with Crippen LogP contribution >= 0.6 is 23.2 Å². The van der Waals surface area contributed by atoms with Crippen LogP contribution in [-0.2, 0) is 9.53 Å². The average Bonchev–Trinajstić information content (AvgIpc) is 2.08. The summed E-state index contributed by atoms with van der Waals surface area (Å²) in [6, 6.07) is 0. The lowest BCUT2D eigenvalue weighted by Gasteiger charge is -2.19. The minimum Gasteiger partial charge on any atom is -0.444 e. The maximum atomic E-state index is 11.1. The van der Waals surface area contributed by atoms with Crippen molar-refractivity contribution in [1.29, 1.82) is 0 Å². The van der Waals surface area contributed by atoms with Crippen LogP contribution in [0.25, 0.3) is 0 Å². The molecule has 0 aromatic rings. The highest BCUT2D eigenvalue weighted by Gasteiger charge is 2.15. The molecule has 0 aromatic carbocycles. The molecule has 16 heavy (non-hydrogen) atoms. The lowest BCUT2D eigenvalue weighted by Crippen LogP contribution is -2.39. The summed E-state index contributed by atoms with van der Waals surface area (Å²) < 4.78 is 4.98. The van der Waals surface area contributed by atoms with E-state index in [9.17, 15) is 9.59 Å². The second kappa shape index (κ2) is 6.81. The number of nitrogens with one attached hydrogen (secondary N) is 2. The molecule has 0 unspecified atom stereocenters. The summed E-state index contributed by atoms with van der Waals surface area (Å²) >= 11 is 10.6. The lowest BCUT2D eigenvalue weighted by molar-refractivity contribution is -0.119. The molecule has 0 aliphatic carbocycles. The molecule has 2 N–H and O–H groups in total. The van der Waals surface area contributed by atoms with Gasteiger partial charge in [0.1, 0.15) is 5.60 Å². The quantitative estimate of drug-likeness (QED) is 0.600. The normalized spacial score (nSPS) is 11.1. The van der Waals surface area contributed by atoms with Gasteiger partial charge in [-0.2, -0.15) is 0 Å². The molecule has 0 aliphatic rings. The first kappa shape index (κ1) is 15.3. The molecule has 0 spiro atoms. The molecular weight excluding hydrogens is 255 g/mol. The molecule has 0 saturated heterocycles. The summed E-state index contributed by atoms with van der Waals surface area (Å²) in [6.45, 7) is 5.79. The van der Waals surface area contributed by atoms with Gasteiger partial charge in [-0.1, -0.05) is 23.2 Å². The fourth-order valence-electron chi connectivity index (χ4n) is 0.742. The zero-order chi connectivity index (χ0) is 12.8. The van der Waals surface area contributed by atoms with E-state index < -0.39 is 22.4 Å². The Labute approximate surface area is 105 Å². The minimum absolute atomic E-state index is 0.244. The first-order chi connectivity index (χ1) is 7.22. The number of alkyl carbamates (subject to hydrolysis) is 1. The topological polar surface area (TPSA) is 67.4 Å². The highest BCUT2D eigenvalue weighted by atomic mass is 35.5. The van der Waals surface area contributed by atoms with E-state index >= 15 is 0 Å². The Hall–Kier alpha value is -0.680. The van der Waals surface area contributed by atoms with Crippen LogP contribution in [0, 0.1) is 0 Å². The Morgan fingerprint density at radius 2 is 1.69 bits per heavy atom. The van der Waals surface area contributed by atoms with Gasteiger partial charge >= 0.3 is 6.09 Å². The molecule has 0 heterocycles. The fraction of sp³-hybridized carbons (Fsp3) is 0.778. The standard InChI is InChI=1S/C9H16Cl2N2O3/c1-9(2,3)16-8(15)13-5-4-12-7(14)6(10)11/h6H,4-5H2,1-3H3,(H,12,14)(H,13,15). The van der Waals surface area contributed by atoms with Crippen LogP contribution in [0.1, 0.15) is 20.8 Å². The molecule has 5 nitrogen and oxygen atoms in total. The number of halogens is 2. The molecule has 0 saturated carbocycles. The summed E-state index contributed by atoms with van der Waals surface area (Å²) in [6.07, 6.45) is -0.532. The fourth-order valence-corrected chi connectivity index (χ4v) is 0.896. The van der Waals surface area contributed by atoms with E-state index in [0.29, 0.717) is 0 Å². The van der Waals surface area contributed by atoms with Crippen molar-refractivity contribution in [1.82, 2.24) is 10.6 Å². The van der Waals surface area contributed by atoms with E-state index in [0.717, 1.165) is 0 Å². The van der Waals surface area contributed by atoms with Gasteiger partial charge in [-0.15, -0.1) is 0 Å². The molecule has 0 aliphatic heterocycles. The van der Waals surface area contributed by atoms with Crippen LogP contribution in [0.15, 0.2) is 0 Å². The molecule has 7 heteroatoms. The van der Waals surface area contributed by atoms with E-state index in [-0.39, 0.29) is 13.1 Å². The zero-order valence-corrected chi connectivity index (χ0v) is 11.0. The molecule has 0 fully saturated rings. The van der Waals surface area contributed by atoms with E-state index in [1.807, 2.05) is 0 Å². The monoisotopic (exact) mass is 270 g/mol. The Balaban J connectivity index is 3.60. The van der Waals surface area contributed by atoms with E-state index in [1.165, 1.54) is 0 Å². The second-order valence-corrected chi connectivity index (χ2v) is 5.12. The maximum absolute atomic E-state index is 11.1. The van der Waals surface area contributed by atoms with Gasteiger partial charge in [-0.3, -0.25) is 4.79 Å². The third kappa shape index (κ3) is 8.61. The highest BCUT2D eigenvalue weighted by Crippen LogP contribution is 2.06. The lowest BCUT2D eigenvalue weighted by atomic mass is 10.2. The van der Waals surface area contributed by atoms with Gasteiger partial charge in [0.05, 0.1) is 0 Å². The van der Waals surface area contributed by atoms with Crippen molar-refractivity contribution >= 4 is 35.2 Å². The van der Waals surface area contributed by atoms with E-state index in [1.54, 1.807) is 20.8 Å². The van der Waals surface area contributed by atoms with Gasteiger partial charge in [-0.05, 0) is 20.8 Å². The maximum Gasteiger partial charge on any atom is 0.407 e. The summed E-state index contributed by atoms with van der Waals surface area (Å²) in [5, 5.41) is 4.90. The average molecular weight is 271 g/mol. The third-order valence-electron chi connectivity index (χ3n) is 1.29. The zero-order valence-electron chi connectivity index (χ0n) is 9.47. The molecule has 0 radical (unpaired) electrons. The number of rotatable bonds is 4. The first-order valence-corrected chi connectivity index (χ1v) is 5.62. The van der Waals surface area contributed by atoms with E-state index in [2.05, 4.69) is 10.6 Å². The van der Waals surface area contributed by atoms with E-state index in [4.69, 9.17) is 27.9 Å². The van der Waals surface area contributed by atoms with Gasteiger partial charge in [0.2, 0.25) is 0 Å². The van der Waals surface area contributed by atoms with Crippen molar-refractivity contribution in [3.63, 3.8) is 0 Å². The van der Waals surface area contributed by atoms with Gasteiger partial charge in [-0.25, -0.2) is 4.79 Å². The molecule has 0 aromatic heterocycles. The summed E-state index contributed by atoms with van der Waals surface area (Å²) in [4.78, 5) is 20.9. The van der Waals surface area contributed by atoms with Crippen LogP contribution in [0.2, 0.25) is 0 Å². The van der Waals surface area contributed by atoms with Crippen LogP contribution in [0.3, 0.4) is 0 Å². The Morgan fingerprint density at radius 1 is 1.19 bits per heavy atom. The SMILES string of the molecule is CC(C)(C)OC(=O)NCCNC(=O)C(Cl)Cl. The molecular formula is C9H16Cl2N2O3. The van der Waals surface area contributed by atoms with Crippen LogP contribution in [-0.4, -0.2) is 35.5 Å². The van der Waals surface area contributed by atoms with Crippen molar-refractivity contribution in [3.05, 3.63) is 0 Å².